The van der Waals surface area contributed by atoms with Crippen molar-refractivity contribution in [2.45, 2.75) is 12.5 Å². The quantitative estimate of drug-likeness (QED) is 0.831. The Bertz CT molecular complexity index is 406. The molecule has 0 aromatic heterocycles. The van der Waals surface area contributed by atoms with Crippen LogP contribution in [0.4, 0.5) is 0 Å². The fourth-order valence-electron chi connectivity index (χ4n) is 1.74. The summed E-state index contributed by atoms with van der Waals surface area (Å²) in [7, 11) is 1.58. The van der Waals surface area contributed by atoms with Crippen molar-refractivity contribution in [3.05, 3.63) is 23.8 Å². The van der Waals surface area contributed by atoms with E-state index < -0.39 is 0 Å². The predicted molar refractivity (Wildman–Crippen MR) is 59.6 cm³/mol. The number of nitriles is 1. The monoisotopic (exact) mass is 218 g/mol. The standard InChI is InChI=1S/C12H14N2O2/c1-15-11-4-9(7-13)5-12(6-11)16-10-2-3-14-8-10/h4-6,10,14H,2-3,8H2,1H3/t10-/m1/s1. The minimum atomic E-state index is 0.193. The van der Waals surface area contributed by atoms with Gasteiger partial charge in [0.1, 0.15) is 17.6 Å². The summed E-state index contributed by atoms with van der Waals surface area (Å²) in [5, 5.41) is 12.1. The van der Waals surface area contributed by atoms with Crippen molar-refractivity contribution in [2.24, 2.45) is 0 Å². The Balaban J connectivity index is 2.16. The first-order valence-electron chi connectivity index (χ1n) is 5.28. The van der Waals surface area contributed by atoms with E-state index in [-0.39, 0.29) is 6.10 Å². The third-order valence-corrected chi connectivity index (χ3v) is 2.56. The molecule has 0 saturated carbocycles. The molecule has 0 amide bonds. The molecule has 16 heavy (non-hydrogen) atoms. The Morgan fingerprint density at radius 1 is 1.38 bits per heavy atom. The zero-order chi connectivity index (χ0) is 11.4. The number of ether oxygens (including phenoxy) is 2. The second kappa shape index (κ2) is 4.86. The summed E-state index contributed by atoms with van der Waals surface area (Å²) in [6.07, 6.45) is 1.19. The lowest BCUT2D eigenvalue weighted by Crippen LogP contribution is -2.19. The number of hydrogen-bond donors (Lipinski definition) is 1. The molecule has 1 aromatic rings. The van der Waals surface area contributed by atoms with Crippen molar-refractivity contribution in [3.8, 4) is 17.6 Å². The highest BCUT2D eigenvalue weighted by atomic mass is 16.5. The zero-order valence-electron chi connectivity index (χ0n) is 9.19. The molecule has 1 fully saturated rings. The van der Waals surface area contributed by atoms with E-state index in [1.165, 1.54) is 0 Å². The van der Waals surface area contributed by atoms with E-state index in [1.54, 1.807) is 25.3 Å². The second-order valence-electron chi connectivity index (χ2n) is 3.74. The average molecular weight is 218 g/mol. The maximum Gasteiger partial charge on any atom is 0.124 e. The van der Waals surface area contributed by atoms with Gasteiger partial charge in [0.05, 0.1) is 18.7 Å². The van der Waals surface area contributed by atoms with Gasteiger partial charge in [-0.25, -0.2) is 0 Å². The summed E-state index contributed by atoms with van der Waals surface area (Å²) in [4.78, 5) is 0. The van der Waals surface area contributed by atoms with E-state index >= 15 is 0 Å². The van der Waals surface area contributed by atoms with Gasteiger partial charge in [-0.05, 0) is 25.1 Å². The maximum absolute atomic E-state index is 8.87. The van der Waals surface area contributed by atoms with E-state index in [9.17, 15) is 0 Å². The van der Waals surface area contributed by atoms with Crippen molar-refractivity contribution >= 4 is 0 Å². The predicted octanol–water partition coefficient (Wildman–Crippen LogP) is 1.31. The smallest absolute Gasteiger partial charge is 0.124 e. The molecule has 0 radical (unpaired) electrons. The number of methoxy groups -OCH3 is 1. The van der Waals surface area contributed by atoms with Crippen LogP contribution in [0.5, 0.6) is 11.5 Å². The lowest BCUT2D eigenvalue weighted by molar-refractivity contribution is 0.222. The van der Waals surface area contributed by atoms with Crippen molar-refractivity contribution in [2.75, 3.05) is 20.2 Å². The molecule has 2 rings (SSSR count). The molecule has 1 atom stereocenters. The van der Waals surface area contributed by atoms with Gasteiger partial charge in [-0.2, -0.15) is 5.26 Å². The highest BCUT2D eigenvalue weighted by molar-refractivity contribution is 5.43. The number of nitrogens with zero attached hydrogens (tertiary/aromatic N) is 1. The fourth-order valence-corrected chi connectivity index (χ4v) is 1.74. The van der Waals surface area contributed by atoms with Gasteiger partial charge in [-0.1, -0.05) is 0 Å². The largest absolute Gasteiger partial charge is 0.497 e. The molecule has 1 aliphatic rings. The molecular weight excluding hydrogens is 204 g/mol. The highest BCUT2D eigenvalue weighted by Gasteiger charge is 2.16. The van der Waals surface area contributed by atoms with Crippen molar-refractivity contribution in [1.29, 1.82) is 5.26 Å². The van der Waals surface area contributed by atoms with Crippen LogP contribution >= 0.6 is 0 Å². The highest BCUT2D eigenvalue weighted by Crippen LogP contribution is 2.24. The van der Waals surface area contributed by atoms with Crippen LogP contribution < -0.4 is 14.8 Å². The molecule has 1 saturated heterocycles. The number of nitrogens with one attached hydrogen (secondary N) is 1. The van der Waals surface area contributed by atoms with Gasteiger partial charge in [-0.15, -0.1) is 0 Å². The molecule has 0 aliphatic carbocycles. The Kier molecular flexibility index (Phi) is 3.28. The molecule has 1 aromatic carbocycles. The second-order valence-corrected chi connectivity index (χ2v) is 3.74. The first-order valence-corrected chi connectivity index (χ1v) is 5.28. The van der Waals surface area contributed by atoms with Crippen LogP contribution in [0.1, 0.15) is 12.0 Å². The van der Waals surface area contributed by atoms with Crippen molar-refractivity contribution in [3.63, 3.8) is 0 Å². The normalized spacial score (nSPS) is 19.1. The van der Waals surface area contributed by atoms with Crippen LogP contribution in [-0.4, -0.2) is 26.3 Å². The summed E-state index contributed by atoms with van der Waals surface area (Å²) in [6, 6.07) is 7.33. The lowest BCUT2D eigenvalue weighted by atomic mass is 10.2. The van der Waals surface area contributed by atoms with Gasteiger partial charge in [-0.3, -0.25) is 0 Å². The zero-order valence-corrected chi connectivity index (χ0v) is 9.19. The van der Waals surface area contributed by atoms with Crippen LogP contribution in [0.15, 0.2) is 18.2 Å². The van der Waals surface area contributed by atoms with Crippen LogP contribution in [0, 0.1) is 11.3 Å². The molecule has 1 N–H and O–H groups in total. The Hall–Kier alpha value is -1.73. The van der Waals surface area contributed by atoms with Gasteiger partial charge >= 0.3 is 0 Å². The lowest BCUT2D eigenvalue weighted by Gasteiger charge is -2.13. The van der Waals surface area contributed by atoms with E-state index in [0.29, 0.717) is 17.1 Å². The maximum atomic E-state index is 8.87. The summed E-state index contributed by atoms with van der Waals surface area (Å²) in [5.41, 5.74) is 0.556. The van der Waals surface area contributed by atoms with Crippen molar-refractivity contribution in [1.82, 2.24) is 5.32 Å². The van der Waals surface area contributed by atoms with Crippen LogP contribution in [-0.2, 0) is 0 Å². The molecular formula is C12H14N2O2. The summed E-state index contributed by atoms with van der Waals surface area (Å²) >= 11 is 0. The summed E-state index contributed by atoms with van der Waals surface area (Å²) in [5.74, 6) is 1.35. The van der Waals surface area contributed by atoms with E-state index in [0.717, 1.165) is 19.5 Å². The Morgan fingerprint density at radius 3 is 2.81 bits per heavy atom. The number of hydrogen-bond acceptors (Lipinski definition) is 4. The molecule has 1 aliphatic heterocycles. The third kappa shape index (κ3) is 2.44. The molecule has 0 unspecified atom stereocenters. The van der Waals surface area contributed by atoms with Crippen LogP contribution in [0.2, 0.25) is 0 Å². The molecule has 4 heteroatoms. The van der Waals surface area contributed by atoms with Crippen LogP contribution in [0.3, 0.4) is 0 Å². The van der Waals surface area contributed by atoms with Crippen LogP contribution in [0.25, 0.3) is 0 Å². The Labute approximate surface area is 94.8 Å². The van der Waals surface area contributed by atoms with Gasteiger partial charge in [0.2, 0.25) is 0 Å². The topological polar surface area (TPSA) is 54.3 Å². The van der Waals surface area contributed by atoms with Gasteiger partial charge < -0.3 is 14.8 Å². The molecule has 0 bridgehead atoms. The minimum Gasteiger partial charge on any atom is -0.497 e. The number of rotatable bonds is 3. The first-order chi connectivity index (χ1) is 7.81. The average Bonchev–Trinajstić information content (AvgIpc) is 2.81. The van der Waals surface area contributed by atoms with E-state index in [4.69, 9.17) is 14.7 Å². The van der Waals surface area contributed by atoms with Gasteiger partial charge in [0, 0.05) is 12.6 Å². The molecule has 1 heterocycles. The minimum absolute atomic E-state index is 0.193. The van der Waals surface area contributed by atoms with Crippen molar-refractivity contribution < 1.29 is 9.47 Å². The Morgan fingerprint density at radius 2 is 2.19 bits per heavy atom. The molecule has 84 valence electrons. The summed E-state index contributed by atoms with van der Waals surface area (Å²) in [6.45, 7) is 1.85. The third-order valence-electron chi connectivity index (χ3n) is 2.56. The fraction of sp³-hybridized carbons (Fsp3) is 0.417. The van der Waals surface area contributed by atoms with E-state index in [2.05, 4.69) is 11.4 Å². The summed E-state index contributed by atoms with van der Waals surface area (Å²) < 4.78 is 10.9. The number of benzene rings is 1. The molecule has 4 nitrogen and oxygen atoms in total. The molecule has 0 spiro atoms. The van der Waals surface area contributed by atoms with Gasteiger partial charge in [0.15, 0.2) is 0 Å². The van der Waals surface area contributed by atoms with Gasteiger partial charge in [0.25, 0.3) is 0 Å². The SMILES string of the molecule is COc1cc(C#N)cc(O[C@@H]2CCNC2)c1. The first kappa shape index (κ1) is 10.8. The van der Waals surface area contributed by atoms with E-state index in [1.807, 2.05) is 0 Å².